The van der Waals surface area contributed by atoms with Crippen molar-refractivity contribution in [3.63, 3.8) is 0 Å². The van der Waals surface area contributed by atoms with Crippen LogP contribution in [0.25, 0.3) is 0 Å². The number of nitrogens with zero attached hydrogens (tertiary/aromatic N) is 2. The van der Waals surface area contributed by atoms with E-state index in [9.17, 15) is 4.79 Å². The number of methoxy groups -OCH3 is 4. The standard InChI is InChI=1S/C34H35N3O7/c1-37-18-17-35-27(37)15-16-36-33-30-25(42-4)19-24(41-3)20-26(30)44-34(33,22-11-13-23(40-2)14-12-22)29(21-9-7-6-8-10-21)28(31(33)38)32(39)43-5/h6-14,17-20,28-29,36H,15-16H2,1-5H3/t28-,29-,33+,34+/m1/s1. The number of imidazole rings is 1. The third-order valence-corrected chi connectivity index (χ3v) is 8.91. The Morgan fingerprint density at radius 1 is 0.977 bits per heavy atom. The molecule has 6 rings (SSSR count). The van der Waals surface area contributed by atoms with Crippen molar-refractivity contribution in [3.05, 3.63) is 102 Å². The number of aromatic nitrogens is 2. The van der Waals surface area contributed by atoms with Gasteiger partial charge in [-0.15, -0.1) is 0 Å². The zero-order chi connectivity index (χ0) is 31.1. The molecule has 1 aliphatic carbocycles. The summed E-state index contributed by atoms with van der Waals surface area (Å²) >= 11 is 0. The topological polar surface area (TPSA) is 110 Å². The molecular formula is C34H35N3O7. The third-order valence-electron chi connectivity index (χ3n) is 8.91. The number of aryl methyl sites for hydroxylation is 1. The van der Waals surface area contributed by atoms with E-state index in [1.165, 1.54) is 14.2 Å². The first-order valence-corrected chi connectivity index (χ1v) is 14.3. The second-order valence-electron chi connectivity index (χ2n) is 10.9. The lowest BCUT2D eigenvalue weighted by Crippen LogP contribution is -2.60. The van der Waals surface area contributed by atoms with Crippen LogP contribution in [0, 0.1) is 5.92 Å². The van der Waals surface area contributed by atoms with Crippen molar-refractivity contribution >= 4 is 11.8 Å². The van der Waals surface area contributed by atoms with Crippen LogP contribution >= 0.6 is 0 Å². The first kappa shape index (κ1) is 29.3. The molecule has 228 valence electrons. The summed E-state index contributed by atoms with van der Waals surface area (Å²) in [6.07, 6.45) is 4.11. The van der Waals surface area contributed by atoms with Crippen LogP contribution in [0.2, 0.25) is 0 Å². The molecule has 10 nitrogen and oxygen atoms in total. The number of benzene rings is 3. The Balaban J connectivity index is 1.68. The lowest BCUT2D eigenvalue weighted by molar-refractivity contribution is -0.149. The molecule has 1 saturated carbocycles. The summed E-state index contributed by atoms with van der Waals surface area (Å²) in [4.78, 5) is 33.5. The maximum Gasteiger partial charge on any atom is 0.317 e. The van der Waals surface area contributed by atoms with Gasteiger partial charge in [0.2, 0.25) is 0 Å². The number of hydrogen-bond acceptors (Lipinski definition) is 9. The van der Waals surface area contributed by atoms with Crippen molar-refractivity contribution in [2.24, 2.45) is 13.0 Å². The van der Waals surface area contributed by atoms with E-state index in [2.05, 4.69) is 10.3 Å². The molecule has 0 unspecified atom stereocenters. The Morgan fingerprint density at radius 2 is 1.70 bits per heavy atom. The second kappa shape index (κ2) is 11.3. The van der Waals surface area contributed by atoms with E-state index in [1.54, 1.807) is 32.5 Å². The van der Waals surface area contributed by atoms with Gasteiger partial charge in [0.25, 0.3) is 0 Å². The number of esters is 1. The minimum absolute atomic E-state index is 0.335. The van der Waals surface area contributed by atoms with Crippen LogP contribution in [-0.4, -0.2) is 56.3 Å². The number of carbonyl (C=O) groups excluding carboxylic acids is 2. The molecule has 44 heavy (non-hydrogen) atoms. The highest BCUT2D eigenvalue weighted by atomic mass is 16.5. The fraction of sp³-hybridized carbons (Fsp3) is 0.324. The van der Waals surface area contributed by atoms with Crippen LogP contribution in [-0.2, 0) is 38.9 Å². The van der Waals surface area contributed by atoms with Crippen LogP contribution in [0.4, 0.5) is 0 Å². The molecule has 2 aliphatic rings. The number of rotatable bonds is 10. The summed E-state index contributed by atoms with van der Waals surface area (Å²) in [5.74, 6) is -0.236. The number of carbonyl (C=O) groups is 2. The minimum Gasteiger partial charge on any atom is -0.497 e. The molecule has 0 spiro atoms. The normalized spacial score (nSPS) is 23.4. The van der Waals surface area contributed by atoms with E-state index in [0.29, 0.717) is 47.1 Å². The van der Waals surface area contributed by atoms with E-state index in [-0.39, 0.29) is 5.78 Å². The van der Waals surface area contributed by atoms with Crippen molar-refractivity contribution < 1.29 is 33.3 Å². The van der Waals surface area contributed by atoms with Crippen molar-refractivity contribution in [1.29, 1.82) is 0 Å². The van der Waals surface area contributed by atoms with E-state index in [0.717, 1.165) is 11.4 Å². The van der Waals surface area contributed by atoms with Crippen molar-refractivity contribution in [2.75, 3.05) is 35.0 Å². The number of nitrogens with one attached hydrogen (secondary N) is 1. The molecule has 10 heteroatoms. The molecule has 1 aliphatic heterocycles. The lowest BCUT2D eigenvalue weighted by Gasteiger charge is -2.42. The summed E-state index contributed by atoms with van der Waals surface area (Å²) in [5, 5.41) is 3.63. The number of hydrogen-bond donors (Lipinski definition) is 1. The Hall–Kier alpha value is -4.83. The monoisotopic (exact) mass is 597 g/mol. The van der Waals surface area contributed by atoms with Gasteiger partial charge in [0, 0.05) is 44.5 Å². The van der Waals surface area contributed by atoms with Gasteiger partial charge in [-0.05, 0) is 23.3 Å². The molecule has 4 aromatic rings. The summed E-state index contributed by atoms with van der Waals surface area (Å²) < 4.78 is 31.4. The van der Waals surface area contributed by atoms with Gasteiger partial charge in [0.1, 0.15) is 34.7 Å². The average molecular weight is 598 g/mol. The summed E-state index contributed by atoms with van der Waals surface area (Å²) in [6, 6.07) is 20.4. The van der Waals surface area contributed by atoms with E-state index < -0.39 is 28.9 Å². The third kappa shape index (κ3) is 4.16. The number of ether oxygens (including phenoxy) is 5. The SMILES string of the molecule is COC(=O)[C@H]1C(=O)[C@@]2(NCCc3nccn3C)c3c(OC)cc(OC)cc3O[C@@]2(c2ccc(OC)cc2)[C@@H]1c1ccccc1. The highest BCUT2D eigenvalue weighted by Crippen LogP contribution is 2.69. The van der Waals surface area contributed by atoms with Gasteiger partial charge in [0.05, 0.1) is 39.9 Å². The smallest absolute Gasteiger partial charge is 0.317 e. The quantitative estimate of drug-likeness (QED) is 0.215. The predicted octanol–water partition coefficient (Wildman–Crippen LogP) is 3.92. The van der Waals surface area contributed by atoms with Gasteiger partial charge in [-0.1, -0.05) is 42.5 Å². The average Bonchev–Trinajstić information content (AvgIpc) is 3.67. The Labute approximate surface area is 255 Å². The summed E-state index contributed by atoms with van der Waals surface area (Å²) in [7, 11) is 7.91. The fourth-order valence-corrected chi connectivity index (χ4v) is 7.01. The molecule has 0 amide bonds. The maximum atomic E-state index is 15.3. The predicted molar refractivity (Wildman–Crippen MR) is 161 cm³/mol. The van der Waals surface area contributed by atoms with Gasteiger partial charge in [-0.25, -0.2) is 4.98 Å². The van der Waals surface area contributed by atoms with Gasteiger partial charge in [-0.3, -0.25) is 14.9 Å². The highest BCUT2D eigenvalue weighted by molar-refractivity contribution is 6.10. The maximum absolute atomic E-state index is 15.3. The molecular weight excluding hydrogens is 562 g/mol. The van der Waals surface area contributed by atoms with Crippen LogP contribution < -0.4 is 24.3 Å². The molecule has 1 N–H and O–H groups in total. The molecule has 0 radical (unpaired) electrons. The van der Waals surface area contributed by atoms with Crippen molar-refractivity contribution in [1.82, 2.24) is 14.9 Å². The van der Waals surface area contributed by atoms with Gasteiger partial charge in [-0.2, -0.15) is 0 Å². The lowest BCUT2D eigenvalue weighted by atomic mass is 9.68. The Bertz CT molecular complexity index is 1690. The highest BCUT2D eigenvalue weighted by Gasteiger charge is 2.78. The molecule has 4 atom stereocenters. The van der Waals surface area contributed by atoms with Crippen molar-refractivity contribution in [3.8, 4) is 23.0 Å². The number of fused-ring (bicyclic) bond motifs is 3. The summed E-state index contributed by atoms with van der Waals surface area (Å²) in [5.41, 5.74) is -1.12. The van der Waals surface area contributed by atoms with Crippen molar-refractivity contribution in [2.45, 2.75) is 23.5 Å². The molecule has 1 aromatic heterocycles. The van der Waals surface area contributed by atoms with Crippen LogP contribution in [0.15, 0.2) is 79.1 Å². The molecule has 2 heterocycles. The minimum atomic E-state index is -1.58. The van der Waals surface area contributed by atoms with Gasteiger partial charge in [0.15, 0.2) is 16.9 Å². The molecule has 0 bridgehead atoms. The molecule has 0 saturated heterocycles. The van der Waals surface area contributed by atoms with E-state index >= 15 is 4.79 Å². The first-order chi connectivity index (χ1) is 21.4. The largest absolute Gasteiger partial charge is 0.497 e. The fourth-order valence-electron chi connectivity index (χ4n) is 7.01. The number of Topliss-reactive ketones (excluding diaryl/α,β-unsaturated/α-hetero) is 1. The molecule has 3 aromatic carbocycles. The Kier molecular flexibility index (Phi) is 7.54. The van der Waals surface area contributed by atoms with Gasteiger partial charge < -0.3 is 28.3 Å². The Morgan fingerprint density at radius 3 is 2.32 bits per heavy atom. The first-order valence-electron chi connectivity index (χ1n) is 14.3. The zero-order valence-corrected chi connectivity index (χ0v) is 25.3. The summed E-state index contributed by atoms with van der Waals surface area (Å²) in [6.45, 7) is 0.335. The van der Waals surface area contributed by atoms with Gasteiger partial charge >= 0.3 is 5.97 Å². The second-order valence-corrected chi connectivity index (χ2v) is 10.9. The molecule has 1 fully saturated rings. The zero-order valence-electron chi connectivity index (χ0n) is 25.3. The van der Waals surface area contributed by atoms with E-state index in [4.69, 9.17) is 23.7 Å². The number of ketones is 1. The van der Waals surface area contributed by atoms with Crippen LogP contribution in [0.3, 0.4) is 0 Å². The van der Waals surface area contributed by atoms with E-state index in [1.807, 2.05) is 72.4 Å². The van der Waals surface area contributed by atoms with Crippen LogP contribution in [0.1, 0.15) is 28.4 Å². The van der Waals surface area contributed by atoms with Crippen LogP contribution in [0.5, 0.6) is 23.0 Å².